The van der Waals surface area contributed by atoms with Crippen LogP contribution in [0.4, 0.5) is 0 Å². The molecule has 0 aliphatic heterocycles. The Morgan fingerprint density at radius 2 is 2.38 bits per heavy atom. The van der Waals surface area contributed by atoms with Crippen molar-refractivity contribution in [3.63, 3.8) is 0 Å². The number of hydrogen-bond acceptors (Lipinski definition) is 3. The first-order chi connectivity index (χ1) is 6.29. The predicted octanol–water partition coefficient (Wildman–Crippen LogP) is 2.17. The van der Waals surface area contributed by atoms with Crippen molar-refractivity contribution >= 4 is 18.0 Å². The molecule has 0 bridgehead atoms. The molecule has 1 aromatic rings. The Morgan fingerprint density at radius 3 is 3.00 bits per heavy atom. The molecule has 0 aromatic heterocycles. The first-order valence-corrected chi connectivity index (χ1v) is 4.51. The quantitative estimate of drug-likeness (QED) is 0.454. The first kappa shape index (κ1) is 9.62. The molecule has 0 unspecified atom stereocenters. The van der Waals surface area contributed by atoms with Gasteiger partial charge in [-0.2, -0.15) is 0 Å². The molecule has 0 amide bonds. The van der Waals surface area contributed by atoms with E-state index in [0.29, 0.717) is 11.2 Å². The number of benzene rings is 1. The Bertz CT molecular complexity index is 357. The second kappa shape index (κ2) is 4.53. The molecular formula is C9H7NO2S. The summed E-state index contributed by atoms with van der Waals surface area (Å²) in [5, 5.41) is 9.46. The lowest BCUT2D eigenvalue weighted by Crippen LogP contribution is -1.83. The molecule has 0 radical (unpaired) electrons. The summed E-state index contributed by atoms with van der Waals surface area (Å²) in [5.74, 6) is 0.210. The van der Waals surface area contributed by atoms with Gasteiger partial charge in [0.2, 0.25) is 0 Å². The molecule has 0 saturated heterocycles. The van der Waals surface area contributed by atoms with Gasteiger partial charge in [-0.3, -0.25) is 4.79 Å². The lowest BCUT2D eigenvalue weighted by molar-refractivity contribution is 0.112. The van der Waals surface area contributed by atoms with Crippen LogP contribution in [0.2, 0.25) is 0 Å². The minimum absolute atomic E-state index is 0.0360. The van der Waals surface area contributed by atoms with Gasteiger partial charge in [-0.1, -0.05) is 6.07 Å². The van der Waals surface area contributed by atoms with Crippen molar-refractivity contribution in [1.82, 2.24) is 0 Å². The molecule has 0 fully saturated rings. The highest BCUT2D eigenvalue weighted by molar-refractivity contribution is 7.99. The Balaban J connectivity index is 2.95. The minimum Gasteiger partial charge on any atom is -0.506 e. The number of aromatic hydroxyl groups is 1. The minimum atomic E-state index is -0.0360. The maximum atomic E-state index is 10.4. The van der Waals surface area contributed by atoms with E-state index in [1.165, 1.54) is 17.8 Å². The van der Waals surface area contributed by atoms with E-state index < -0.39 is 0 Å². The summed E-state index contributed by atoms with van der Waals surface area (Å²) in [4.78, 5) is 14.1. The molecule has 0 saturated carbocycles. The molecule has 1 N–H and O–H groups in total. The molecule has 13 heavy (non-hydrogen) atoms. The monoisotopic (exact) mass is 193 g/mol. The predicted molar refractivity (Wildman–Crippen MR) is 50.8 cm³/mol. The van der Waals surface area contributed by atoms with E-state index in [9.17, 15) is 9.90 Å². The average molecular weight is 193 g/mol. The van der Waals surface area contributed by atoms with Crippen LogP contribution >= 0.6 is 11.8 Å². The summed E-state index contributed by atoms with van der Waals surface area (Å²) < 4.78 is 0. The first-order valence-electron chi connectivity index (χ1n) is 3.52. The van der Waals surface area contributed by atoms with Crippen molar-refractivity contribution in [3.05, 3.63) is 35.2 Å². The highest BCUT2D eigenvalue weighted by atomic mass is 32.2. The molecule has 1 rings (SSSR count). The van der Waals surface area contributed by atoms with E-state index in [2.05, 4.69) is 4.85 Å². The van der Waals surface area contributed by atoms with Crippen LogP contribution < -0.4 is 0 Å². The molecule has 0 heterocycles. The SMILES string of the molecule is [C-]#[N+]CSc1cccc(C=O)c1O. The van der Waals surface area contributed by atoms with Gasteiger partial charge in [-0.25, -0.2) is 6.57 Å². The lowest BCUT2D eigenvalue weighted by Gasteiger charge is -2.01. The number of nitrogens with zero attached hydrogens (tertiary/aromatic N) is 1. The van der Waals surface area contributed by atoms with Crippen LogP contribution in [0.1, 0.15) is 10.4 Å². The van der Waals surface area contributed by atoms with Crippen molar-refractivity contribution in [2.45, 2.75) is 4.90 Å². The van der Waals surface area contributed by atoms with Gasteiger partial charge in [0.05, 0.1) is 10.5 Å². The van der Waals surface area contributed by atoms with Gasteiger partial charge < -0.3 is 9.95 Å². The summed E-state index contributed by atoms with van der Waals surface area (Å²) in [7, 11) is 0. The van der Waals surface area contributed by atoms with Crippen molar-refractivity contribution < 1.29 is 9.90 Å². The Hall–Kier alpha value is -1.47. The molecule has 0 spiro atoms. The third-order valence-electron chi connectivity index (χ3n) is 1.44. The maximum absolute atomic E-state index is 10.4. The van der Waals surface area contributed by atoms with Gasteiger partial charge in [0, 0.05) is 0 Å². The molecular weight excluding hydrogens is 186 g/mol. The van der Waals surface area contributed by atoms with Crippen molar-refractivity contribution in [3.8, 4) is 5.75 Å². The zero-order valence-electron chi connectivity index (χ0n) is 6.73. The average Bonchev–Trinajstić information content (AvgIpc) is 2.16. The number of rotatable bonds is 3. The molecule has 66 valence electrons. The third-order valence-corrected chi connectivity index (χ3v) is 2.34. The molecule has 4 heteroatoms. The standard InChI is InChI=1S/C9H7NO2S/c1-10-6-13-8-4-2-3-7(5-11)9(8)12/h2-5,12H,6H2. The summed E-state index contributed by atoms with van der Waals surface area (Å²) in [6, 6.07) is 4.89. The van der Waals surface area contributed by atoms with E-state index in [-0.39, 0.29) is 17.2 Å². The normalized spacial score (nSPS) is 9.15. The van der Waals surface area contributed by atoms with Crippen LogP contribution in [0.5, 0.6) is 5.75 Å². The molecule has 0 atom stereocenters. The summed E-state index contributed by atoms with van der Waals surface area (Å²) in [6.45, 7) is 6.57. The fourth-order valence-corrected chi connectivity index (χ4v) is 1.49. The number of para-hydroxylation sites is 1. The zero-order valence-corrected chi connectivity index (χ0v) is 7.54. The molecule has 1 aromatic carbocycles. The maximum Gasteiger partial charge on any atom is 0.264 e. The van der Waals surface area contributed by atoms with Gasteiger partial charge in [0.1, 0.15) is 5.75 Å². The summed E-state index contributed by atoms with van der Waals surface area (Å²) in [5.41, 5.74) is 0.259. The largest absolute Gasteiger partial charge is 0.506 e. The van der Waals surface area contributed by atoms with E-state index in [4.69, 9.17) is 6.57 Å². The smallest absolute Gasteiger partial charge is 0.264 e. The van der Waals surface area contributed by atoms with Crippen LogP contribution in [0.15, 0.2) is 23.1 Å². The van der Waals surface area contributed by atoms with Crippen molar-refractivity contribution in [2.75, 3.05) is 5.88 Å². The number of thioether (sulfide) groups is 1. The van der Waals surface area contributed by atoms with E-state index in [1.807, 2.05) is 0 Å². The molecule has 0 aliphatic rings. The summed E-state index contributed by atoms with van der Waals surface area (Å²) >= 11 is 1.21. The van der Waals surface area contributed by atoms with Gasteiger partial charge in [-0.05, 0) is 23.9 Å². The number of carbonyl (C=O) groups excluding carboxylic acids is 1. The van der Waals surface area contributed by atoms with E-state index in [1.54, 1.807) is 12.1 Å². The Labute approximate surface area is 80.2 Å². The van der Waals surface area contributed by atoms with Crippen molar-refractivity contribution in [2.24, 2.45) is 0 Å². The number of aldehydes is 1. The van der Waals surface area contributed by atoms with Gasteiger partial charge in [-0.15, -0.1) is 0 Å². The summed E-state index contributed by atoms with van der Waals surface area (Å²) in [6.07, 6.45) is 0.594. The van der Waals surface area contributed by atoms with Crippen molar-refractivity contribution in [1.29, 1.82) is 0 Å². The zero-order chi connectivity index (χ0) is 9.68. The lowest BCUT2D eigenvalue weighted by atomic mass is 10.2. The fraction of sp³-hybridized carbons (Fsp3) is 0.111. The molecule has 0 aliphatic carbocycles. The number of phenols is 1. The number of phenolic OH excluding ortho intramolecular Hbond substituents is 1. The van der Waals surface area contributed by atoms with Crippen LogP contribution in [-0.2, 0) is 0 Å². The van der Waals surface area contributed by atoms with E-state index in [0.717, 1.165) is 0 Å². The second-order valence-electron chi connectivity index (χ2n) is 2.24. The van der Waals surface area contributed by atoms with Gasteiger partial charge in [0.15, 0.2) is 6.29 Å². The topological polar surface area (TPSA) is 41.7 Å². The molecule has 3 nitrogen and oxygen atoms in total. The highest BCUT2D eigenvalue weighted by Crippen LogP contribution is 2.30. The van der Waals surface area contributed by atoms with Crippen LogP contribution in [0.3, 0.4) is 0 Å². The van der Waals surface area contributed by atoms with Crippen LogP contribution in [0.25, 0.3) is 4.85 Å². The van der Waals surface area contributed by atoms with Gasteiger partial charge in [0.25, 0.3) is 5.88 Å². The van der Waals surface area contributed by atoms with E-state index >= 15 is 0 Å². The Kier molecular flexibility index (Phi) is 3.35. The third kappa shape index (κ3) is 2.23. The number of hydrogen-bond donors (Lipinski definition) is 1. The Morgan fingerprint density at radius 1 is 1.62 bits per heavy atom. The van der Waals surface area contributed by atoms with Crippen LogP contribution in [0, 0.1) is 6.57 Å². The second-order valence-corrected chi connectivity index (χ2v) is 3.23. The highest BCUT2D eigenvalue weighted by Gasteiger charge is 2.06. The number of carbonyl (C=O) groups is 1. The fourth-order valence-electron chi connectivity index (χ4n) is 0.853. The van der Waals surface area contributed by atoms with Crippen LogP contribution in [-0.4, -0.2) is 17.3 Å². The van der Waals surface area contributed by atoms with Gasteiger partial charge >= 0.3 is 0 Å².